The lowest BCUT2D eigenvalue weighted by molar-refractivity contribution is -0.137. The molecule has 138 valence electrons. The number of aryl methyl sites for hydroxylation is 1. The number of carbonyl (C=O) groups excluding carboxylic acids is 1. The van der Waals surface area contributed by atoms with Crippen molar-refractivity contribution in [3.63, 3.8) is 0 Å². The highest BCUT2D eigenvalue weighted by Crippen LogP contribution is 2.26. The molecule has 2 aromatic carbocycles. The monoisotopic (exact) mass is 355 g/mol. The van der Waals surface area contributed by atoms with Gasteiger partial charge >= 0.3 is 5.97 Å². The summed E-state index contributed by atoms with van der Waals surface area (Å²) in [7, 11) is 1.63. The van der Waals surface area contributed by atoms with Crippen molar-refractivity contribution in [2.75, 3.05) is 12.4 Å². The number of hydrogen-bond donors (Lipinski definition) is 2. The average Bonchev–Trinajstić information content (AvgIpc) is 2.65. The minimum atomic E-state index is -0.813. The number of rotatable bonds is 9. The van der Waals surface area contributed by atoms with Crippen LogP contribution < -0.4 is 10.1 Å². The number of amides is 1. The fourth-order valence-corrected chi connectivity index (χ4v) is 2.82. The molecule has 5 nitrogen and oxygen atoms in total. The Morgan fingerprint density at radius 3 is 2.27 bits per heavy atom. The number of hydrogen-bond acceptors (Lipinski definition) is 3. The molecular formula is C21H25NO4. The van der Waals surface area contributed by atoms with Crippen LogP contribution in [-0.4, -0.2) is 24.1 Å². The van der Waals surface area contributed by atoms with E-state index in [9.17, 15) is 9.59 Å². The highest BCUT2D eigenvalue weighted by molar-refractivity contribution is 5.91. The normalized spacial score (nSPS) is 11.6. The zero-order chi connectivity index (χ0) is 18.9. The van der Waals surface area contributed by atoms with Gasteiger partial charge in [0, 0.05) is 18.5 Å². The fourth-order valence-electron chi connectivity index (χ4n) is 2.82. The van der Waals surface area contributed by atoms with E-state index in [2.05, 4.69) is 12.2 Å². The van der Waals surface area contributed by atoms with Crippen molar-refractivity contribution in [3.8, 4) is 5.75 Å². The summed E-state index contributed by atoms with van der Waals surface area (Å²) in [5, 5.41) is 11.6. The van der Waals surface area contributed by atoms with Crippen LogP contribution in [0.3, 0.4) is 0 Å². The zero-order valence-electron chi connectivity index (χ0n) is 15.2. The van der Waals surface area contributed by atoms with Gasteiger partial charge in [-0.1, -0.05) is 31.2 Å². The van der Waals surface area contributed by atoms with Crippen LogP contribution in [0.5, 0.6) is 5.75 Å². The molecule has 0 fully saturated rings. The summed E-state index contributed by atoms with van der Waals surface area (Å²) in [6.07, 6.45) is 1.86. The maximum Gasteiger partial charge on any atom is 0.303 e. The number of nitrogens with one attached hydrogen (secondary N) is 1. The molecule has 0 aliphatic rings. The largest absolute Gasteiger partial charge is 0.497 e. The van der Waals surface area contributed by atoms with Gasteiger partial charge in [-0.2, -0.15) is 0 Å². The van der Waals surface area contributed by atoms with Crippen LogP contribution in [0.4, 0.5) is 5.69 Å². The lowest BCUT2D eigenvalue weighted by Gasteiger charge is -2.16. The van der Waals surface area contributed by atoms with Crippen LogP contribution in [0.25, 0.3) is 0 Å². The number of carbonyl (C=O) groups is 2. The van der Waals surface area contributed by atoms with Crippen LogP contribution in [0, 0.1) is 0 Å². The minimum absolute atomic E-state index is 0.0362. The number of methoxy groups -OCH3 is 1. The molecule has 1 amide bonds. The van der Waals surface area contributed by atoms with Crippen molar-refractivity contribution in [1.29, 1.82) is 0 Å². The summed E-state index contributed by atoms with van der Waals surface area (Å²) >= 11 is 0. The Bertz CT molecular complexity index is 723. The summed E-state index contributed by atoms with van der Waals surface area (Å²) in [4.78, 5) is 23.0. The van der Waals surface area contributed by atoms with Crippen LogP contribution in [0.1, 0.15) is 43.2 Å². The molecule has 1 unspecified atom stereocenters. The topological polar surface area (TPSA) is 75.6 Å². The van der Waals surface area contributed by atoms with Gasteiger partial charge in [0.15, 0.2) is 0 Å². The van der Waals surface area contributed by atoms with E-state index in [-0.39, 0.29) is 18.2 Å². The first-order valence-electron chi connectivity index (χ1n) is 8.76. The van der Waals surface area contributed by atoms with Gasteiger partial charge in [0.1, 0.15) is 5.75 Å². The molecule has 2 N–H and O–H groups in total. The van der Waals surface area contributed by atoms with Crippen molar-refractivity contribution >= 4 is 17.6 Å². The first kappa shape index (κ1) is 19.5. The molecule has 0 bridgehead atoms. The average molecular weight is 355 g/mol. The number of aliphatic carboxylic acids is 1. The summed E-state index contributed by atoms with van der Waals surface area (Å²) < 4.78 is 5.17. The molecule has 2 rings (SSSR count). The van der Waals surface area contributed by atoms with E-state index in [4.69, 9.17) is 9.84 Å². The molecule has 0 radical (unpaired) electrons. The fraction of sp³-hybridized carbons (Fsp3) is 0.333. The van der Waals surface area contributed by atoms with Gasteiger partial charge in [-0.15, -0.1) is 0 Å². The summed E-state index contributed by atoms with van der Waals surface area (Å²) in [5.41, 5.74) is 2.78. The first-order valence-corrected chi connectivity index (χ1v) is 8.76. The molecule has 0 aromatic heterocycles. The summed E-state index contributed by atoms with van der Waals surface area (Å²) in [5.74, 6) is 0.101. The third kappa shape index (κ3) is 5.92. The quantitative estimate of drug-likeness (QED) is 0.706. The molecule has 0 saturated carbocycles. The molecule has 26 heavy (non-hydrogen) atoms. The number of ether oxygens (including phenoxy) is 1. The smallest absolute Gasteiger partial charge is 0.303 e. The van der Waals surface area contributed by atoms with Crippen molar-refractivity contribution in [2.24, 2.45) is 0 Å². The van der Waals surface area contributed by atoms with E-state index in [1.807, 2.05) is 48.5 Å². The second kappa shape index (κ2) is 9.61. The second-order valence-corrected chi connectivity index (χ2v) is 6.22. The SMILES string of the molecule is CCC(CC(=O)Nc1ccc(CCC(=O)O)cc1)c1ccc(OC)cc1. The summed E-state index contributed by atoms with van der Waals surface area (Å²) in [6, 6.07) is 15.1. The molecule has 0 saturated heterocycles. The standard InChI is InChI=1S/C21H25NO4/c1-3-16(17-7-11-19(26-2)12-8-17)14-20(23)22-18-9-4-15(5-10-18)6-13-21(24)25/h4-5,7-12,16H,3,6,13-14H2,1-2H3,(H,22,23)(H,24,25). The van der Waals surface area contributed by atoms with Crippen LogP contribution in [0.2, 0.25) is 0 Å². The summed E-state index contributed by atoms with van der Waals surface area (Å²) in [6.45, 7) is 2.07. The lowest BCUT2D eigenvalue weighted by atomic mass is 9.93. The predicted octanol–water partition coefficient (Wildman–Crippen LogP) is 4.23. The zero-order valence-corrected chi connectivity index (χ0v) is 15.2. The Morgan fingerprint density at radius 2 is 1.73 bits per heavy atom. The van der Waals surface area contributed by atoms with Crippen molar-refractivity contribution in [1.82, 2.24) is 0 Å². The minimum Gasteiger partial charge on any atom is -0.497 e. The molecule has 0 aliphatic heterocycles. The van der Waals surface area contributed by atoms with E-state index in [0.29, 0.717) is 12.8 Å². The molecule has 0 heterocycles. The Labute approximate surface area is 154 Å². The first-order chi connectivity index (χ1) is 12.5. The molecule has 2 aromatic rings. The highest BCUT2D eigenvalue weighted by Gasteiger charge is 2.14. The number of carboxylic acid groups (broad SMARTS) is 1. The molecule has 5 heteroatoms. The van der Waals surface area contributed by atoms with Gasteiger partial charge in [0.25, 0.3) is 0 Å². The van der Waals surface area contributed by atoms with E-state index in [0.717, 1.165) is 29.0 Å². The third-order valence-corrected chi connectivity index (χ3v) is 4.38. The van der Waals surface area contributed by atoms with Crippen LogP contribution >= 0.6 is 0 Å². The van der Waals surface area contributed by atoms with Gasteiger partial charge in [-0.25, -0.2) is 0 Å². The van der Waals surface area contributed by atoms with Crippen LogP contribution in [-0.2, 0) is 16.0 Å². The molecular weight excluding hydrogens is 330 g/mol. The molecule has 0 aliphatic carbocycles. The Balaban J connectivity index is 1.92. The van der Waals surface area contributed by atoms with Gasteiger partial charge < -0.3 is 15.2 Å². The van der Waals surface area contributed by atoms with Crippen molar-refractivity contribution < 1.29 is 19.4 Å². The van der Waals surface area contributed by atoms with Crippen LogP contribution in [0.15, 0.2) is 48.5 Å². The van der Waals surface area contributed by atoms with Gasteiger partial charge in [-0.05, 0) is 54.2 Å². The lowest BCUT2D eigenvalue weighted by Crippen LogP contribution is -2.15. The highest BCUT2D eigenvalue weighted by atomic mass is 16.5. The van der Waals surface area contributed by atoms with E-state index in [1.165, 1.54) is 0 Å². The Morgan fingerprint density at radius 1 is 1.08 bits per heavy atom. The maximum absolute atomic E-state index is 12.4. The predicted molar refractivity (Wildman–Crippen MR) is 102 cm³/mol. The van der Waals surface area contributed by atoms with Crippen molar-refractivity contribution in [3.05, 3.63) is 59.7 Å². The Hall–Kier alpha value is -2.82. The van der Waals surface area contributed by atoms with Crippen molar-refractivity contribution in [2.45, 2.75) is 38.5 Å². The third-order valence-electron chi connectivity index (χ3n) is 4.38. The maximum atomic E-state index is 12.4. The molecule has 1 atom stereocenters. The second-order valence-electron chi connectivity index (χ2n) is 6.22. The van der Waals surface area contributed by atoms with Gasteiger partial charge in [0.2, 0.25) is 5.91 Å². The van der Waals surface area contributed by atoms with Gasteiger partial charge in [0.05, 0.1) is 7.11 Å². The van der Waals surface area contributed by atoms with E-state index >= 15 is 0 Å². The Kier molecular flexibility index (Phi) is 7.21. The number of anilines is 1. The van der Waals surface area contributed by atoms with E-state index in [1.54, 1.807) is 7.11 Å². The van der Waals surface area contributed by atoms with Gasteiger partial charge in [-0.3, -0.25) is 9.59 Å². The van der Waals surface area contributed by atoms with E-state index < -0.39 is 5.97 Å². The number of benzene rings is 2. The number of carboxylic acids is 1. The molecule has 0 spiro atoms.